The minimum atomic E-state index is 1.10. The molecule has 0 saturated heterocycles. The molecule has 0 spiro atoms. The molecule has 0 atom stereocenters. The van der Waals surface area contributed by atoms with E-state index in [1.54, 1.807) is 0 Å². The lowest BCUT2D eigenvalue weighted by Gasteiger charge is -2.26. The van der Waals surface area contributed by atoms with Crippen LogP contribution in [0.4, 0.5) is 51.2 Å². The summed E-state index contributed by atoms with van der Waals surface area (Å²) < 4.78 is 0. The maximum absolute atomic E-state index is 2.32. The molecular formula is C63H55N3. The zero-order valence-electron chi connectivity index (χ0n) is 38.4. The van der Waals surface area contributed by atoms with E-state index in [9.17, 15) is 0 Å². The van der Waals surface area contributed by atoms with Gasteiger partial charge in [-0.2, -0.15) is 0 Å². The summed E-state index contributed by atoms with van der Waals surface area (Å²) in [4.78, 5) is 6.94. The molecule has 0 N–H and O–H groups in total. The number of benzene rings is 9. The normalized spacial score (nSPS) is 11.3. The zero-order valence-corrected chi connectivity index (χ0v) is 38.4. The highest BCUT2D eigenvalue weighted by Gasteiger charge is 2.15. The van der Waals surface area contributed by atoms with Gasteiger partial charge in [0.2, 0.25) is 0 Å². The minimum absolute atomic E-state index is 1.10. The summed E-state index contributed by atoms with van der Waals surface area (Å²) in [6.45, 7) is 10.6. The van der Waals surface area contributed by atoms with Crippen molar-refractivity contribution in [2.24, 2.45) is 0 Å². The average Bonchev–Trinajstić information content (AvgIpc) is 3.35. The number of hydrogen-bond acceptors (Lipinski definition) is 3. The molecule has 3 heteroatoms. The van der Waals surface area contributed by atoms with E-state index in [2.05, 4.69) is 292 Å². The molecule has 0 aromatic heterocycles. The fourth-order valence-electron chi connectivity index (χ4n) is 8.13. The average molecular weight is 854 g/mol. The molecule has 9 rings (SSSR count). The number of nitrogens with zero attached hydrogens (tertiary/aromatic N) is 3. The van der Waals surface area contributed by atoms with Gasteiger partial charge < -0.3 is 14.7 Å². The van der Waals surface area contributed by atoms with E-state index in [1.807, 2.05) is 0 Å². The van der Waals surface area contributed by atoms with Gasteiger partial charge in [0.15, 0.2) is 0 Å². The van der Waals surface area contributed by atoms with E-state index in [1.165, 1.54) is 27.8 Å². The van der Waals surface area contributed by atoms with Crippen LogP contribution < -0.4 is 14.7 Å². The number of rotatable bonds is 13. The summed E-state index contributed by atoms with van der Waals surface area (Å²) in [5, 5.41) is 0. The van der Waals surface area contributed by atoms with Gasteiger partial charge in [0.05, 0.1) is 0 Å². The van der Waals surface area contributed by atoms with Gasteiger partial charge in [-0.15, -0.1) is 0 Å². The highest BCUT2D eigenvalue weighted by Crippen LogP contribution is 2.38. The van der Waals surface area contributed by atoms with Crippen molar-refractivity contribution in [1.82, 2.24) is 0 Å². The van der Waals surface area contributed by atoms with Gasteiger partial charge in [-0.1, -0.05) is 161 Å². The van der Waals surface area contributed by atoms with Crippen LogP contribution >= 0.6 is 0 Å². The predicted molar refractivity (Wildman–Crippen MR) is 285 cm³/mol. The Hall–Kier alpha value is -8.14. The van der Waals surface area contributed by atoms with Crippen LogP contribution in [0.15, 0.2) is 218 Å². The van der Waals surface area contributed by atoms with Crippen LogP contribution in [-0.4, -0.2) is 0 Å². The molecule has 0 amide bonds. The number of aryl methyl sites for hydroxylation is 5. The van der Waals surface area contributed by atoms with Gasteiger partial charge in [0.25, 0.3) is 0 Å². The smallest absolute Gasteiger partial charge is 0.0462 e. The van der Waals surface area contributed by atoms with Crippen LogP contribution in [0.1, 0.15) is 50.1 Å². The summed E-state index contributed by atoms with van der Waals surface area (Å²) in [5.74, 6) is 0. The Morgan fingerprint density at radius 1 is 0.182 bits per heavy atom. The van der Waals surface area contributed by atoms with Crippen molar-refractivity contribution in [2.75, 3.05) is 14.7 Å². The lowest BCUT2D eigenvalue weighted by molar-refractivity contribution is 1.27. The second-order valence-electron chi connectivity index (χ2n) is 17.2. The van der Waals surface area contributed by atoms with Crippen LogP contribution in [0.5, 0.6) is 0 Å². The Bertz CT molecular complexity index is 2750. The molecule has 0 unspecified atom stereocenters. The summed E-state index contributed by atoms with van der Waals surface area (Å²) in [7, 11) is 0. The Morgan fingerprint density at radius 3 is 0.439 bits per heavy atom. The summed E-state index contributed by atoms with van der Waals surface area (Å²) in [5.41, 5.74) is 20.9. The van der Waals surface area contributed by atoms with E-state index in [0.717, 1.165) is 73.4 Å². The Labute approximate surface area is 391 Å². The fraction of sp³-hybridized carbons (Fsp3) is 0.0794. The lowest BCUT2D eigenvalue weighted by Crippen LogP contribution is -2.09. The third-order valence-corrected chi connectivity index (χ3v) is 12.0. The maximum atomic E-state index is 2.32. The van der Waals surface area contributed by atoms with E-state index >= 15 is 0 Å². The third kappa shape index (κ3) is 10.3. The van der Waals surface area contributed by atoms with Crippen LogP contribution in [0.25, 0.3) is 24.3 Å². The van der Waals surface area contributed by atoms with Gasteiger partial charge in [0, 0.05) is 51.2 Å². The van der Waals surface area contributed by atoms with E-state index in [-0.39, 0.29) is 0 Å². The van der Waals surface area contributed by atoms with Gasteiger partial charge in [-0.25, -0.2) is 0 Å². The van der Waals surface area contributed by atoms with Crippen LogP contribution in [0, 0.1) is 34.6 Å². The van der Waals surface area contributed by atoms with E-state index in [4.69, 9.17) is 0 Å². The summed E-state index contributed by atoms with van der Waals surface area (Å²) in [6, 6.07) is 78.8. The molecule has 0 bridgehead atoms. The largest absolute Gasteiger partial charge is 0.311 e. The topological polar surface area (TPSA) is 9.72 Å². The van der Waals surface area contributed by atoms with Crippen LogP contribution in [-0.2, 0) is 0 Å². The number of hydrogen-bond donors (Lipinski definition) is 0. The van der Waals surface area contributed by atoms with Crippen LogP contribution in [0.2, 0.25) is 0 Å². The molecule has 0 aliphatic rings. The molecular weight excluding hydrogens is 799 g/mol. The van der Waals surface area contributed by atoms with Gasteiger partial charge >= 0.3 is 0 Å². The molecule has 0 radical (unpaired) electrons. The van der Waals surface area contributed by atoms with Crippen LogP contribution in [0.3, 0.4) is 0 Å². The first-order valence-electron chi connectivity index (χ1n) is 22.7. The summed E-state index contributed by atoms with van der Waals surface area (Å²) >= 11 is 0. The van der Waals surface area contributed by atoms with Crippen molar-refractivity contribution in [3.63, 3.8) is 0 Å². The second-order valence-corrected chi connectivity index (χ2v) is 17.2. The van der Waals surface area contributed by atoms with Crippen molar-refractivity contribution in [3.05, 3.63) is 268 Å². The molecule has 66 heavy (non-hydrogen) atoms. The first kappa shape index (κ1) is 43.1. The standard InChI is InChI=1S/C63H55N3/c1-46-6-28-55(29-7-46)64(56-30-8-47(2)9-31-56)60-38-20-51(21-39-60)16-18-53-24-42-62(43-25-53)66(59-36-14-50(5)15-37-59)63-44-26-54(27-45-63)19-17-52-22-40-61(41-23-52)65(57-32-10-48(3)11-33-57)58-34-12-49(4)13-35-58/h6-45H,1-5H3. The quantitative estimate of drug-likeness (QED) is 0.107. The molecule has 0 saturated carbocycles. The molecule has 0 aliphatic heterocycles. The molecule has 9 aromatic rings. The Balaban J connectivity index is 0.906. The zero-order chi connectivity index (χ0) is 45.4. The maximum Gasteiger partial charge on any atom is 0.0462 e. The van der Waals surface area contributed by atoms with Gasteiger partial charge in [0.1, 0.15) is 0 Å². The molecule has 0 heterocycles. The van der Waals surface area contributed by atoms with Crippen molar-refractivity contribution < 1.29 is 0 Å². The molecule has 3 nitrogen and oxygen atoms in total. The molecule has 0 aliphatic carbocycles. The fourth-order valence-corrected chi connectivity index (χ4v) is 8.13. The molecule has 9 aromatic carbocycles. The third-order valence-electron chi connectivity index (χ3n) is 12.0. The molecule has 322 valence electrons. The highest BCUT2D eigenvalue weighted by molar-refractivity contribution is 5.82. The Morgan fingerprint density at radius 2 is 0.303 bits per heavy atom. The second kappa shape index (κ2) is 19.7. The lowest BCUT2D eigenvalue weighted by atomic mass is 10.1. The van der Waals surface area contributed by atoms with Crippen molar-refractivity contribution in [2.45, 2.75) is 34.6 Å². The number of anilines is 9. The summed E-state index contributed by atoms with van der Waals surface area (Å²) in [6.07, 6.45) is 8.74. The van der Waals surface area contributed by atoms with E-state index < -0.39 is 0 Å². The van der Waals surface area contributed by atoms with Crippen molar-refractivity contribution in [3.8, 4) is 0 Å². The molecule has 0 fully saturated rings. The first-order valence-corrected chi connectivity index (χ1v) is 22.7. The Kier molecular flexibility index (Phi) is 12.9. The first-order chi connectivity index (χ1) is 32.2. The van der Waals surface area contributed by atoms with Crippen molar-refractivity contribution >= 4 is 75.5 Å². The SMILES string of the molecule is Cc1ccc(N(c2ccc(C)cc2)c2ccc(C=Cc3ccc(N(c4ccc(C)cc4)c4ccc(C=Cc5ccc(N(c6ccc(C)cc6)c6ccc(C)cc6)cc5)cc4)cc3)cc2)cc1. The van der Waals surface area contributed by atoms with Crippen molar-refractivity contribution in [1.29, 1.82) is 0 Å². The van der Waals surface area contributed by atoms with Gasteiger partial charge in [-0.3, -0.25) is 0 Å². The monoisotopic (exact) mass is 853 g/mol. The predicted octanol–water partition coefficient (Wildman–Crippen LogP) is 18.0. The highest BCUT2D eigenvalue weighted by atomic mass is 15.2. The van der Waals surface area contributed by atoms with E-state index in [0.29, 0.717) is 0 Å². The minimum Gasteiger partial charge on any atom is -0.311 e. The van der Waals surface area contributed by atoms with Gasteiger partial charge in [-0.05, 0) is 166 Å².